The van der Waals surface area contributed by atoms with Gasteiger partial charge in [0.15, 0.2) is 0 Å². The van der Waals surface area contributed by atoms with Crippen LogP contribution in [0, 0.1) is 24.4 Å². The van der Waals surface area contributed by atoms with Crippen LogP contribution >= 0.6 is 0 Å². The quantitative estimate of drug-likeness (QED) is 0.891. The van der Waals surface area contributed by atoms with E-state index in [0.717, 1.165) is 11.6 Å². The summed E-state index contributed by atoms with van der Waals surface area (Å²) >= 11 is 0. The number of hydrogen-bond acceptors (Lipinski definition) is 1. The third-order valence-corrected chi connectivity index (χ3v) is 3.11. The Morgan fingerprint density at radius 1 is 0.895 bits per heavy atom. The number of rotatable bonds is 3. The van der Waals surface area contributed by atoms with E-state index in [-0.39, 0.29) is 5.82 Å². The van der Waals surface area contributed by atoms with E-state index in [1.807, 2.05) is 0 Å². The van der Waals surface area contributed by atoms with E-state index < -0.39 is 17.7 Å². The smallest absolute Gasteiger partial charge is 0.131 e. The Morgan fingerprint density at radius 3 is 2.00 bits per heavy atom. The lowest BCUT2D eigenvalue weighted by molar-refractivity contribution is 0.550. The Bertz CT molecular complexity index is 544. The second kappa shape index (κ2) is 5.45. The first-order chi connectivity index (χ1) is 9.02. The van der Waals surface area contributed by atoms with Gasteiger partial charge in [0.25, 0.3) is 0 Å². The lowest BCUT2D eigenvalue weighted by atomic mass is 9.94. The third kappa shape index (κ3) is 2.79. The fourth-order valence-corrected chi connectivity index (χ4v) is 2.18. The molecule has 1 nitrogen and oxygen atoms in total. The highest BCUT2D eigenvalue weighted by Gasteiger charge is 2.18. The topological polar surface area (TPSA) is 12.0 Å². The fraction of sp³-hybridized carbons (Fsp3) is 0.200. The molecule has 1 N–H and O–H groups in total. The molecule has 0 saturated carbocycles. The molecule has 1 unspecified atom stereocenters. The Labute approximate surface area is 110 Å². The van der Waals surface area contributed by atoms with Gasteiger partial charge in [0, 0.05) is 11.6 Å². The molecule has 0 spiro atoms. The van der Waals surface area contributed by atoms with E-state index in [1.165, 1.54) is 24.3 Å². The van der Waals surface area contributed by atoms with Crippen molar-refractivity contribution >= 4 is 0 Å². The summed E-state index contributed by atoms with van der Waals surface area (Å²) in [6.07, 6.45) is 0. The number of nitrogens with one attached hydrogen (secondary N) is 1. The maximum atomic E-state index is 13.8. The van der Waals surface area contributed by atoms with Crippen molar-refractivity contribution in [1.82, 2.24) is 5.32 Å². The second-order valence-corrected chi connectivity index (χ2v) is 4.39. The zero-order valence-electron chi connectivity index (χ0n) is 10.7. The van der Waals surface area contributed by atoms with Crippen LogP contribution in [0.15, 0.2) is 36.4 Å². The van der Waals surface area contributed by atoms with Crippen molar-refractivity contribution in [2.24, 2.45) is 0 Å². The highest BCUT2D eigenvalue weighted by molar-refractivity contribution is 5.37. The van der Waals surface area contributed by atoms with Gasteiger partial charge < -0.3 is 5.32 Å². The number of hydrogen-bond donors (Lipinski definition) is 1. The summed E-state index contributed by atoms with van der Waals surface area (Å²) in [6.45, 7) is 1.75. The normalized spacial score (nSPS) is 12.5. The molecule has 0 saturated heterocycles. The van der Waals surface area contributed by atoms with Crippen molar-refractivity contribution in [3.05, 3.63) is 70.5 Å². The number of aryl methyl sites for hydroxylation is 1. The minimum Gasteiger partial charge on any atom is -0.309 e. The largest absolute Gasteiger partial charge is 0.309 e. The molecule has 0 bridgehead atoms. The van der Waals surface area contributed by atoms with Gasteiger partial charge in [-0.15, -0.1) is 0 Å². The number of halogens is 3. The van der Waals surface area contributed by atoms with Gasteiger partial charge in [-0.25, -0.2) is 13.2 Å². The Balaban J connectivity index is 2.50. The van der Waals surface area contributed by atoms with Crippen molar-refractivity contribution < 1.29 is 13.2 Å². The van der Waals surface area contributed by atoms with Crippen LogP contribution in [0.1, 0.15) is 22.7 Å². The summed E-state index contributed by atoms with van der Waals surface area (Å²) in [7, 11) is 1.68. The third-order valence-electron chi connectivity index (χ3n) is 3.11. The molecule has 2 rings (SSSR count). The van der Waals surface area contributed by atoms with Crippen molar-refractivity contribution in [3.63, 3.8) is 0 Å². The Kier molecular flexibility index (Phi) is 3.90. The molecule has 4 heteroatoms. The summed E-state index contributed by atoms with van der Waals surface area (Å²) < 4.78 is 39.9. The first kappa shape index (κ1) is 13.6. The highest BCUT2D eigenvalue weighted by atomic mass is 19.1. The van der Waals surface area contributed by atoms with Gasteiger partial charge >= 0.3 is 0 Å². The van der Waals surface area contributed by atoms with E-state index in [1.54, 1.807) is 20.0 Å². The minimum absolute atomic E-state index is 0.332. The lowest BCUT2D eigenvalue weighted by Gasteiger charge is -2.20. The summed E-state index contributed by atoms with van der Waals surface area (Å²) in [5.74, 6) is -1.58. The van der Waals surface area contributed by atoms with E-state index >= 15 is 0 Å². The molecule has 100 valence electrons. The zero-order chi connectivity index (χ0) is 14.0. The van der Waals surface area contributed by atoms with Crippen LogP contribution in [-0.2, 0) is 0 Å². The fourth-order valence-electron chi connectivity index (χ4n) is 2.18. The Morgan fingerprint density at radius 2 is 1.47 bits per heavy atom. The molecule has 2 aromatic carbocycles. The average molecular weight is 265 g/mol. The molecule has 0 heterocycles. The highest BCUT2D eigenvalue weighted by Crippen LogP contribution is 2.27. The molecule has 1 atom stereocenters. The maximum absolute atomic E-state index is 13.8. The van der Waals surface area contributed by atoms with Gasteiger partial charge in [-0.2, -0.15) is 0 Å². The molecular formula is C15H14F3N. The maximum Gasteiger partial charge on any atom is 0.131 e. The Hall–Kier alpha value is -1.81. The van der Waals surface area contributed by atoms with E-state index in [4.69, 9.17) is 0 Å². The SMILES string of the molecule is CNC(c1ccc(F)cc1C)c1ccc(F)cc1F. The summed E-state index contributed by atoms with van der Waals surface area (Å²) in [5, 5.41) is 2.97. The average Bonchev–Trinajstić information content (AvgIpc) is 2.34. The summed E-state index contributed by atoms with van der Waals surface area (Å²) in [6, 6.07) is 7.33. The van der Waals surface area contributed by atoms with Crippen LogP contribution in [-0.4, -0.2) is 7.05 Å². The number of benzene rings is 2. The lowest BCUT2D eigenvalue weighted by Crippen LogP contribution is -2.20. The predicted octanol–water partition coefficient (Wildman–Crippen LogP) is 3.72. The molecule has 19 heavy (non-hydrogen) atoms. The van der Waals surface area contributed by atoms with Gasteiger partial charge in [0.1, 0.15) is 17.5 Å². The molecule has 0 aliphatic heterocycles. The molecule has 0 fully saturated rings. The van der Waals surface area contributed by atoms with Crippen LogP contribution < -0.4 is 5.32 Å². The first-order valence-electron chi connectivity index (χ1n) is 5.91. The molecule has 0 aromatic heterocycles. The monoisotopic (exact) mass is 265 g/mol. The van der Waals surface area contributed by atoms with Crippen molar-refractivity contribution in [2.75, 3.05) is 7.05 Å². The summed E-state index contributed by atoms with van der Waals surface area (Å²) in [4.78, 5) is 0. The van der Waals surface area contributed by atoms with Gasteiger partial charge in [-0.3, -0.25) is 0 Å². The van der Waals surface area contributed by atoms with E-state index in [0.29, 0.717) is 11.1 Å². The first-order valence-corrected chi connectivity index (χ1v) is 5.91. The van der Waals surface area contributed by atoms with E-state index in [9.17, 15) is 13.2 Å². The standard InChI is InChI=1S/C15H14F3N/c1-9-7-10(16)3-5-12(9)15(19-2)13-6-4-11(17)8-14(13)18/h3-8,15,19H,1-2H3. The van der Waals surface area contributed by atoms with Crippen LogP contribution in [0.25, 0.3) is 0 Å². The molecule has 0 aliphatic carbocycles. The summed E-state index contributed by atoms with van der Waals surface area (Å²) in [5.41, 5.74) is 1.80. The molecule has 0 radical (unpaired) electrons. The van der Waals surface area contributed by atoms with Gasteiger partial charge in [-0.1, -0.05) is 12.1 Å². The molecule has 2 aromatic rings. The van der Waals surface area contributed by atoms with Crippen molar-refractivity contribution in [3.8, 4) is 0 Å². The van der Waals surface area contributed by atoms with Gasteiger partial charge in [-0.05, 0) is 43.3 Å². The van der Waals surface area contributed by atoms with Crippen LogP contribution in [0.3, 0.4) is 0 Å². The minimum atomic E-state index is -0.622. The van der Waals surface area contributed by atoms with Gasteiger partial charge in [0.2, 0.25) is 0 Å². The molecular weight excluding hydrogens is 251 g/mol. The second-order valence-electron chi connectivity index (χ2n) is 4.39. The van der Waals surface area contributed by atoms with Crippen LogP contribution in [0.4, 0.5) is 13.2 Å². The van der Waals surface area contributed by atoms with E-state index in [2.05, 4.69) is 5.32 Å². The predicted molar refractivity (Wildman–Crippen MR) is 68.4 cm³/mol. The van der Waals surface area contributed by atoms with Crippen molar-refractivity contribution in [2.45, 2.75) is 13.0 Å². The van der Waals surface area contributed by atoms with Gasteiger partial charge in [0.05, 0.1) is 6.04 Å². The van der Waals surface area contributed by atoms with Crippen molar-refractivity contribution in [1.29, 1.82) is 0 Å². The van der Waals surface area contributed by atoms with Crippen LogP contribution in [0.2, 0.25) is 0 Å². The molecule has 0 aliphatic rings. The molecule has 0 amide bonds. The zero-order valence-corrected chi connectivity index (χ0v) is 10.7. The van der Waals surface area contributed by atoms with Crippen LogP contribution in [0.5, 0.6) is 0 Å².